The molecule has 1 saturated heterocycles. The normalized spacial score (nSPS) is 15.9. The predicted octanol–water partition coefficient (Wildman–Crippen LogP) is 3.21. The highest BCUT2D eigenvalue weighted by atomic mass is 32.1. The standard InChI is InChI=1S/C21H20N4O4S/c1-28-16-7-8-18(19(10-16)29-2)25-11-14(9-20(25)26)21(27)22-15-5-3-13(4-6-15)17-12-30-24-23-17/h3-8,10,12,14H,9,11H2,1-2H3,(H,22,27). The van der Waals surface area contributed by atoms with E-state index in [-0.39, 0.29) is 24.8 Å². The summed E-state index contributed by atoms with van der Waals surface area (Å²) in [7, 11) is 3.10. The minimum atomic E-state index is -0.452. The van der Waals surface area contributed by atoms with Gasteiger partial charge in [0.25, 0.3) is 0 Å². The maximum atomic E-state index is 12.7. The Kier molecular flexibility index (Phi) is 5.62. The second-order valence-corrected chi connectivity index (χ2v) is 7.41. The lowest BCUT2D eigenvalue weighted by Crippen LogP contribution is -2.28. The molecule has 2 heterocycles. The number of nitrogens with zero attached hydrogens (tertiary/aromatic N) is 3. The van der Waals surface area contributed by atoms with Gasteiger partial charge in [-0.25, -0.2) is 0 Å². The molecule has 0 saturated carbocycles. The molecular formula is C21H20N4O4S. The molecule has 0 radical (unpaired) electrons. The Labute approximate surface area is 177 Å². The van der Waals surface area contributed by atoms with Crippen molar-refractivity contribution in [1.29, 1.82) is 0 Å². The van der Waals surface area contributed by atoms with E-state index in [0.717, 1.165) is 11.3 Å². The number of benzene rings is 2. The van der Waals surface area contributed by atoms with Gasteiger partial charge >= 0.3 is 0 Å². The number of ether oxygens (including phenoxy) is 2. The summed E-state index contributed by atoms with van der Waals surface area (Å²) in [5, 5.41) is 8.78. The van der Waals surface area contributed by atoms with E-state index in [2.05, 4.69) is 14.9 Å². The second kappa shape index (κ2) is 8.50. The van der Waals surface area contributed by atoms with E-state index in [1.165, 1.54) is 18.6 Å². The Morgan fingerprint density at radius 2 is 1.97 bits per heavy atom. The zero-order valence-corrected chi connectivity index (χ0v) is 17.3. The van der Waals surface area contributed by atoms with Gasteiger partial charge in [0.15, 0.2) is 0 Å². The van der Waals surface area contributed by atoms with Crippen LogP contribution in [0.15, 0.2) is 47.8 Å². The molecule has 2 amide bonds. The van der Waals surface area contributed by atoms with Crippen LogP contribution >= 0.6 is 11.5 Å². The fraction of sp³-hybridized carbons (Fsp3) is 0.238. The monoisotopic (exact) mass is 424 g/mol. The third kappa shape index (κ3) is 3.97. The van der Waals surface area contributed by atoms with Gasteiger partial charge in [-0.3, -0.25) is 9.59 Å². The SMILES string of the molecule is COc1ccc(N2CC(C(=O)Nc3ccc(-c4csnn4)cc3)CC2=O)c(OC)c1. The van der Waals surface area contributed by atoms with E-state index in [9.17, 15) is 9.59 Å². The van der Waals surface area contributed by atoms with Crippen LogP contribution in [0.2, 0.25) is 0 Å². The van der Waals surface area contributed by atoms with E-state index in [0.29, 0.717) is 22.9 Å². The summed E-state index contributed by atoms with van der Waals surface area (Å²) < 4.78 is 14.5. The van der Waals surface area contributed by atoms with Crippen molar-refractivity contribution in [2.45, 2.75) is 6.42 Å². The Morgan fingerprint density at radius 1 is 1.17 bits per heavy atom. The van der Waals surface area contributed by atoms with Crippen molar-refractivity contribution in [3.63, 3.8) is 0 Å². The van der Waals surface area contributed by atoms with Crippen molar-refractivity contribution >= 4 is 34.7 Å². The topological polar surface area (TPSA) is 93.6 Å². The first-order valence-corrected chi connectivity index (χ1v) is 10.1. The minimum Gasteiger partial charge on any atom is -0.497 e. The number of carbonyl (C=O) groups excluding carboxylic acids is 2. The lowest BCUT2D eigenvalue weighted by molar-refractivity contribution is -0.122. The highest BCUT2D eigenvalue weighted by molar-refractivity contribution is 7.03. The average molecular weight is 424 g/mol. The largest absolute Gasteiger partial charge is 0.497 e. The molecule has 0 aliphatic carbocycles. The third-order valence-electron chi connectivity index (χ3n) is 4.98. The molecule has 1 aromatic heterocycles. The van der Waals surface area contributed by atoms with Gasteiger partial charge in [0.05, 0.1) is 25.8 Å². The quantitative estimate of drug-likeness (QED) is 0.653. The van der Waals surface area contributed by atoms with Crippen molar-refractivity contribution in [3.8, 4) is 22.8 Å². The smallest absolute Gasteiger partial charge is 0.229 e. The molecule has 1 atom stereocenters. The van der Waals surface area contributed by atoms with Crippen LogP contribution in [0.1, 0.15) is 6.42 Å². The van der Waals surface area contributed by atoms with Gasteiger partial charge in [0.2, 0.25) is 11.8 Å². The summed E-state index contributed by atoms with van der Waals surface area (Å²) in [5.41, 5.74) is 3.01. The first-order chi connectivity index (χ1) is 14.6. The molecule has 0 bridgehead atoms. The molecule has 9 heteroatoms. The van der Waals surface area contributed by atoms with Crippen LogP contribution in [0.25, 0.3) is 11.3 Å². The number of hydrogen-bond donors (Lipinski definition) is 1. The molecule has 1 aliphatic rings. The molecule has 8 nitrogen and oxygen atoms in total. The minimum absolute atomic E-state index is 0.120. The van der Waals surface area contributed by atoms with Crippen molar-refractivity contribution in [2.75, 3.05) is 31.0 Å². The van der Waals surface area contributed by atoms with Crippen LogP contribution in [0.4, 0.5) is 11.4 Å². The molecule has 0 spiro atoms. The lowest BCUT2D eigenvalue weighted by Gasteiger charge is -2.20. The molecule has 2 aromatic carbocycles. The Hall–Kier alpha value is -3.46. The number of hydrogen-bond acceptors (Lipinski definition) is 7. The molecule has 3 aromatic rings. The Balaban J connectivity index is 1.44. The average Bonchev–Trinajstić information content (AvgIpc) is 3.44. The maximum Gasteiger partial charge on any atom is 0.229 e. The van der Waals surface area contributed by atoms with E-state index in [4.69, 9.17) is 9.47 Å². The van der Waals surface area contributed by atoms with Crippen molar-refractivity contribution in [3.05, 3.63) is 47.8 Å². The number of rotatable bonds is 6. The zero-order chi connectivity index (χ0) is 21.1. The fourth-order valence-corrected chi connectivity index (χ4v) is 3.85. The number of amides is 2. The summed E-state index contributed by atoms with van der Waals surface area (Å²) in [6.45, 7) is 0.288. The van der Waals surface area contributed by atoms with Gasteiger partial charge < -0.3 is 19.7 Å². The van der Waals surface area contributed by atoms with Gasteiger partial charge in [-0.1, -0.05) is 16.6 Å². The third-order valence-corrected chi connectivity index (χ3v) is 5.49. The maximum absolute atomic E-state index is 12.7. The Morgan fingerprint density at radius 3 is 2.63 bits per heavy atom. The summed E-state index contributed by atoms with van der Waals surface area (Å²) in [6, 6.07) is 12.6. The first kappa shape index (κ1) is 19.8. The molecule has 1 aliphatic heterocycles. The second-order valence-electron chi connectivity index (χ2n) is 6.80. The molecule has 30 heavy (non-hydrogen) atoms. The summed E-state index contributed by atoms with van der Waals surface area (Å²) in [4.78, 5) is 26.9. The summed E-state index contributed by atoms with van der Waals surface area (Å²) in [6.07, 6.45) is 0.142. The van der Waals surface area contributed by atoms with Crippen LogP contribution in [0, 0.1) is 5.92 Å². The van der Waals surface area contributed by atoms with E-state index in [1.807, 2.05) is 29.6 Å². The molecule has 1 unspecified atom stereocenters. The van der Waals surface area contributed by atoms with Crippen LogP contribution in [0.3, 0.4) is 0 Å². The lowest BCUT2D eigenvalue weighted by atomic mass is 10.1. The van der Waals surface area contributed by atoms with Crippen molar-refractivity contribution in [2.24, 2.45) is 5.92 Å². The van der Waals surface area contributed by atoms with Crippen LogP contribution in [0.5, 0.6) is 11.5 Å². The number of carbonyl (C=O) groups is 2. The van der Waals surface area contributed by atoms with Crippen molar-refractivity contribution < 1.29 is 19.1 Å². The number of nitrogens with one attached hydrogen (secondary N) is 1. The zero-order valence-electron chi connectivity index (χ0n) is 16.5. The van der Waals surface area contributed by atoms with Gasteiger partial charge in [-0.05, 0) is 35.8 Å². The van der Waals surface area contributed by atoms with E-state index < -0.39 is 5.92 Å². The number of methoxy groups -OCH3 is 2. The molecule has 1 N–H and O–H groups in total. The van der Waals surface area contributed by atoms with E-state index >= 15 is 0 Å². The van der Waals surface area contributed by atoms with Crippen LogP contribution < -0.4 is 19.7 Å². The van der Waals surface area contributed by atoms with Crippen molar-refractivity contribution in [1.82, 2.24) is 9.59 Å². The van der Waals surface area contributed by atoms with Gasteiger partial charge in [0, 0.05) is 35.7 Å². The fourth-order valence-electron chi connectivity index (χ4n) is 3.38. The molecule has 4 rings (SSSR count). The van der Waals surface area contributed by atoms with Crippen LogP contribution in [-0.2, 0) is 9.59 Å². The molecule has 1 fully saturated rings. The van der Waals surface area contributed by atoms with Gasteiger partial charge in [0.1, 0.15) is 17.2 Å². The van der Waals surface area contributed by atoms with Gasteiger partial charge in [-0.15, -0.1) is 5.10 Å². The molecule has 154 valence electrons. The predicted molar refractivity (Wildman–Crippen MR) is 114 cm³/mol. The highest BCUT2D eigenvalue weighted by Gasteiger charge is 2.36. The van der Waals surface area contributed by atoms with Crippen LogP contribution in [-0.4, -0.2) is 42.2 Å². The number of aromatic nitrogens is 2. The summed E-state index contributed by atoms with van der Waals surface area (Å²) in [5.74, 6) is 0.391. The van der Waals surface area contributed by atoms with E-state index in [1.54, 1.807) is 30.2 Å². The van der Waals surface area contributed by atoms with Gasteiger partial charge in [-0.2, -0.15) is 0 Å². The first-order valence-electron chi connectivity index (χ1n) is 9.30. The number of anilines is 2. The Bertz CT molecular complexity index is 1050. The highest BCUT2D eigenvalue weighted by Crippen LogP contribution is 2.36. The summed E-state index contributed by atoms with van der Waals surface area (Å²) >= 11 is 1.29. The molecular weight excluding hydrogens is 404 g/mol.